The van der Waals surface area contributed by atoms with Crippen LogP contribution in [-0.4, -0.2) is 23.6 Å². The number of fused-ring (bicyclic) bond motifs is 1. The van der Waals surface area contributed by atoms with Crippen LogP contribution in [0.2, 0.25) is 0 Å². The SMILES string of the molecule is CNCc1nc(N)c2c(n1)COCC2. The minimum absolute atomic E-state index is 0.554. The van der Waals surface area contributed by atoms with Gasteiger partial charge in [-0.25, -0.2) is 9.97 Å². The first-order valence-electron chi connectivity index (χ1n) is 4.67. The molecule has 0 spiro atoms. The van der Waals surface area contributed by atoms with Crippen molar-refractivity contribution in [2.24, 2.45) is 0 Å². The van der Waals surface area contributed by atoms with Crippen molar-refractivity contribution in [1.82, 2.24) is 15.3 Å². The van der Waals surface area contributed by atoms with E-state index >= 15 is 0 Å². The summed E-state index contributed by atoms with van der Waals surface area (Å²) in [6.07, 6.45) is 0.820. The van der Waals surface area contributed by atoms with E-state index in [1.807, 2.05) is 7.05 Å². The molecule has 0 bridgehead atoms. The molecule has 1 aromatic rings. The number of hydrogen-bond donors (Lipinski definition) is 2. The Morgan fingerprint density at radius 1 is 1.50 bits per heavy atom. The third kappa shape index (κ3) is 1.69. The Balaban J connectivity index is 2.36. The molecule has 0 atom stereocenters. The lowest BCUT2D eigenvalue weighted by Crippen LogP contribution is -2.19. The van der Waals surface area contributed by atoms with Gasteiger partial charge < -0.3 is 15.8 Å². The Labute approximate surface area is 82.7 Å². The van der Waals surface area contributed by atoms with Gasteiger partial charge in [0.1, 0.15) is 11.6 Å². The summed E-state index contributed by atoms with van der Waals surface area (Å²) in [6, 6.07) is 0. The molecular formula is C9H14N4O. The van der Waals surface area contributed by atoms with Crippen LogP contribution >= 0.6 is 0 Å². The van der Waals surface area contributed by atoms with Gasteiger partial charge in [-0.15, -0.1) is 0 Å². The van der Waals surface area contributed by atoms with E-state index in [2.05, 4.69) is 15.3 Å². The zero-order chi connectivity index (χ0) is 9.97. The lowest BCUT2D eigenvalue weighted by atomic mass is 10.1. The third-order valence-corrected chi connectivity index (χ3v) is 2.24. The van der Waals surface area contributed by atoms with Gasteiger partial charge >= 0.3 is 0 Å². The van der Waals surface area contributed by atoms with Crippen molar-refractivity contribution in [2.45, 2.75) is 19.6 Å². The van der Waals surface area contributed by atoms with Crippen LogP contribution < -0.4 is 11.1 Å². The van der Waals surface area contributed by atoms with Gasteiger partial charge in [0.05, 0.1) is 25.5 Å². The second-order valence-corrected chi connectivity index (χ2v) is 3.28. The van der Waals surface area contributed by atoms with Crippen molar-refractivity contribution < 1.29 is 4.74 Å². The predicted molar refractivity (Wildman–Crippen MR) is 52.6 cm³/mol. The molecule has 1 aliphatic heterocycles. The van der Waals surface area contributed by atoms with E-state index in [0.29, 0.717) is 25.6 Å². The molecule has 0 aliphatic carbocycles. The monoisotopic (exact) mass is 194 g/mol. The molecule has 0 radical (unpaired) electrons. The molecule has 2 rings (SSSR count). The molecule has 0 amide bonds. The lowest BCUT2D eigenvalue weighted by Gasteiger charge is -2.17. The van der Waals surface area contributed by atoms with Gasteiger partial charge in [0, 0.05) is 12.0 Å². The van der Waals surface area contributed by atoms with Gasteiger partial charge in [-0.3, -0.25) is 0 Å². The molecule has 1 aromatic heterocycles. The van der Waals surface area contributed by atoms with Crippen molar-refractivity contribution in [3.05, 3.63) is 17.1 Å². The standard InChI is InChI=1S/C9H14N4O/c1-11-4-8-12-7-5-14-3-2-6(7)9(10)13-8/h11H,2-5H2,1H3,(H2,10,12,13). The average molecular weight is 194 g/mol. The smallest absolute Gasteiger partial charge is 0.144 e. The van der Waals surface area contributed by atoms with Crippen LogP contribution in [0.25, 0.3) is 0 Å². The topological polar surface area (TPSA) is 73.1 Å². The highest BCUT2D eigenvalue weighted by Crippen LogP contribution is 2.19. The summed E-state index contributed by atoms with van der Waals surface area (Å²) in [5.74, 6) is 1.33. The van der Waals surface area contributed by atoms with Gasteiger partial charge in [0.2, 0.25) is 0 Å². The highest BCUT2D eigenvalue weighted by Gasteiger charge is 2.15. The second-order valence-electron chi connectivity index (χ2n) is 3.28. The van der Waals surface area contributed by atoms with Crippen molar-refractivity contribution in [2.75, 3.05) is 19.4 Å². The largest absolute Gasteiger partial charge is 0.383 e. The Morgan fingerprint density at radius 3 is 3.14 bits per heavy atom. The summed E-state index contributed by atoms with van der Waals surface area (Å²) >= 11 is 0. The molecule has 5 heteroatoms. The summed E-state index contributed by atoms with van der Waals surface area (Å²) in [5.41, 5.74) is 7.83. The molecule has 0 aromatic carbocycles. The van der Waals surface area contributed by atoms with Crippen LogP contribution in [0.1, 0.15) is 17.1 Å². The number of nitrogen functional groups attached to an aromatic ring is 1. The predicted octanol–water partition coefficient (Wildman–Crippen LogP) is -0.149. The molecule has 76 valence electrons. The molecule has 5 nitrogen and oxygen atoms in total. The summed E-state index contributed by atoms with van der Waals surface area (Å²) in [5, 5.41) is 3.00. The molecule has 3 N–H and O–H groups in total. The molecule has 0 unspecified atom stereocenters. The fourth-order valence-corrected chi connectivity index (χ4v) is 1.57. The number of aromatic nitrogens is 2. The molecule has 14 heavy (non-hydrogen) atoms. The molecule has 0 saturated carbocycles. The number of nitrogens with one attached hydrogen (secondary N) is 1. The van der Waals surface area contributed by atoms with Crippen LogP contribution in [0, 0.1) is 0 Å². The molecular weight excluding hydrogens is 180 g/mol. The maximum absolute atomic E-state index is 5.84. The average Bonchev–Trinajstić information content (AvgIpc) is 2.18. The number of anilines is 1. The Hall–Kier alpha value is -1.20. The van der Waals surface area contributed by atoms with E-state index in [9.17, 15) is 0 Å². The zero-order valence-electron chi connectivity index (χ0n) is 8.21. The fraction of sp³-hybridized carbons (Fsp3) is 0.556. The normalized spacial score (nSPS) is 15.2. The molecule has 0 fully saturated rings. The number of ether oxygens (including phenoxy) is 1. The quantitative estimate of drug-likeness (QED) is 0.685. The van der Waals surface area contributed by atoms with E-state index < -0.39 is 0 Å². The third-order valence-electron chi connectivity index (χ3n) is 2.24. The minimum atomic E-state index is 0.554. The van der Waals surface area contributed by atoms with E-state index in [0.717, 1.165) is 23.5 Å². The highest BCUT2D eigenvalue weighted by molar-refractivity contribution is 5.43. The zero-order valence-corrected chi connectivity index (χ0v) is 8.21. The summed E-state index contributed by atoms with van der Waals surface area (Å²) in [4.78, 5) is 8.61. The van der Waals surface area contributed by atoms with Gasteiger partial charge in [-0.1, -0.05) is 0 Å². The maximum atomic E-state index is 5.84. The van der Waals surface area contributed by atoms with Gasteiger partial charge in [0.15, 0.2) is 0 Å². The summed E-state index contributed by atoms with van der Waals surface area (Å²) < 4.78 is 5.32. The van der Waals surface area contributed by atoms with Crippen LogP contribution in [-0.2, 0) is 24.3 Å². The van der Waals surface area contributed by atoms with Crippen molar-refractivity contribution in [3.63, 3.8) is 0 Å². The summed E-state index contributed by atoms with van der Waals surface area (Å²) in [6.45, 7) is 1.90. The summed E-state index contributed by atoms with van der Waals surface area (Å²) in [7, 11) is 1.86. The van der Waals surface area contributed by atoms with Crippen LogP contribution in [0.3, 0.4) is 0 Å². The highest BCUT2D eigenvalue weighted by atomic mass is 16.5. The molecule has 2 heterocycles. The Morgan fingerprint density at radius 2 is 2.36 bits per heavy atom. The number of nitrogens with two attached hydrogens (primary N) is 1. The van der Waals surface area contributed by atoms with Gasteiger partial charge in [-0.05, 0) is 7.05 Å². The first-order chi connectivity index (χ1) is 6.81. The fourth-order valence-electron chi connectivity index (χ4n) is 1.57. The second kappa shape index (κ2) is 3.89. The minimum Gasteiger partial charge on any atom is -0.383 e. The van der Waals surface area contributed by atoms with E-state index in [1.165, 1.54) is 0 Å². The Kier molecular flexibility index (Phi) is 2.60. The van der Waals surface area contributed by atoms with Crippen LogP contribution in [0.5, 0.6) is 0 Å². The molecule has 1 aliphatic rings. The maximum Gasteiger partial charge on any atom is 0.144 e. The number of hydrogen-bond acceptors (Lipinski definition) is 5. The van der Waals surface area contributed by atoms with E-state index in [1.54, 1.807) is 0 Å². The van der Waals surface area contributed by atoms with Crippen molar-refractivity contribution in [3.8, 4) is 0 Å². The first-order valence-corrected chi connectivity index (χ1v) is 4.67. The first kappa shape index (κ1) is 9.36. The molecule has 0 saturated heterocycles. The van der Waals surface area contributed by atoms with Crippen molar-refractivity contribution >= 4 is 5.82 Å². The van der Waals surface area contributed by atoms with Crippen molar-refractivity contribution in [1.29, 1.82) is 0 Å². The van der Waals surface area contributed by atoms with Gasteiger partial charge in [0.25, 0.3) is 0 Å². The number of nitrogens with zero attached hydrogens (tertiary/aromatic N) is 2. The van der Waals surface area contributed by atoms with Crippen LogP contribution in [0.15, 0.2) is 0 Å². The van der Waals surface area contributed by atoms with E-state index in [-0.39, 0.29) is 0 Å². The van der Waals surface area contributed by atoms with Gasteiger partial charge in [-0.2, -0.15) is 0 Å². The van der Waals surface area contributed by atoms with E-state index in [4.69, 9.17) is 10.5 Å². The Bertz CT molecular complexity index is 340. The number of rotatable bonds is 2. The van der Waals surface area contributed by atoms with Crippen LogP contribution in [0.4, 0.5) is 5.82 Å². The lowest BCUT2D eigenvalue weighted by molar-refractivity contribution is 0.107.